The number of carbonyl (C=O) groups is 1. The third-order valence-corrected chi connectivity index (χ3v) is 4.82. The molecular formula is C23H20BrFN2O5. The van der Waals surface area contributed by atoms with Crippen molar-refractivity contribution in [1.82, 2.24) is 5.43 Å². The van der Waals surface area contributed by atoms with Crippen molar-refractivity contribution < 1.29 is 28.1 Å². The molecule has 1 N–H and O–H groups in total. The summed E-state index contributed by atoms with van der Waals surface area (Å²) in [7, 11) is 4.40. The molecule has 3 rings (SSSR count). The van der Waals surface area contributed by atoms with Crippen LogP contribution in [0, 0.1) is 5.82 Å². The Morgan fingerprint density at radius 3 is 2.25 bits per heavy atom. The van der Waals surface area contributed by atoms with Gasteiger partial charge in [-0.05, 0) is 42.5 Å². The van der Waals surface area contributed by atoms with Gasteiger partial charge in [-0.15, -0.1) is 0 Å². The molecule has 0 unspecified atom stereocenters. The lowest BCUT2D eigenvalue weighted by molar-refractivity contribution is 0.0954. The maximum Gasteiger partial charge on any atom is 0.271 e. The average Bonchev–Trinajstić information content (AvgIpc) is 2.80. The summed E-state index contributed by atoms with van der Waals surface area (Å²) in [4.78, 5) is 12.6. The van der Waals surface area contributed by atoms with E-state index in [0.29, 0.717) is 33.0 Å². The lowest BCUT2D eigenvalue weighted by Crippen LogP contribution is -2.18. The molecule has 32 heavy (non-hydrogen) atoms. The monoisotopic (exact) mass is 502 g/mol. The van der Waals surface area contributed by atoms with Crippen LogP contribution >= 0.6 is 15.9 Å². The van der Waals surface area contributed by atoms with Gasteiger partial charge in [0, 0.05) is 15.6 Å². The molecule has 3 aromatic carbocycles. The van der Waals surface area contributed by atoms with Crippen molar-refractivity contribution in [3.8, 4) is 28.7 Å². The second-order valence-electron chi connectivity index (χ2n) is 6.33. The standard InChI is InChI=1S/C23H20BrFN2O5/c1-29-20-10-15(11-21(30-2)22(20)31-3)23(28)27-26-13-14-6-4-5-7-18(14)32-19-9-8-16(24)12-17(19)25/h4-13H,1-3H3,(H,27,28)/b26-13+. The Kier molecular flexibility index (Phi) is 7.67. The number of carbonyl (C=O) groups excluding carboxylic acids is 1. The highest BCUT2D eigenvalue weighted by molar-refractivity contribution is 9.10. The second kappa shape index (κ2) is 10.6. The number of hydrogen-bond donors (Lipinski definition) is 1. The van der Waals surface area contributed by atoms with Crippen molar-refractivity contribution in [2.45, 2.75) is 0 Å². The van der Waals surface area contributed by atoms with Gasteiger partial charge in [-0.2, -0.15) is 5.10 Å². The highest BCUT2D eigenvalue weighted by Crippen LogP contribution is 2.38. The molecule has 0 aromatic heterocycles. The van der Waals surface area contributed by atoms with E-state index in [1.54, 1.807) is 30.3 Å². The number of amides is 1. The fraction of sp³-hybridized carbons (Fsp3) is 0.130. The van der Waals surface area contributed by atoms with Gasteiger partial charge < -0.3 is 18.9 Å². The number of ether oxygens (including phenoxy) is 4. The highest BCUT2D eigenvalue weighted by Gasteiger charge is 2.17. The van der Waals surface area contributed by atoms with E-state index in [2.05, 4.69) is 26.5 Å². The van der Waals surface area contributed by atoms with Crippen LogP contribution in [0.4, 0.5) is 4.39 Å². The number of halogens is 2. The summed E-state index contributed by atoms with van der Waals surface area (Å²) in [5.74, 6) is 0.503. The first-order valence-electron chi connectivity index (χ1n) is 9.32. The topological polar surface area (TPSA) is 78.4 Å². The Morgan fingerprint density at radius 1 is 0.938 bits per heavy atom. The van der Waals surface area contributed by atoms with Gasteiger partial charge >= 0.3 is 0 Å². The summed E-state index contributed by atoms with van der Waals surface area (Å²) in [5, 5.41) is 3.99. The van der Waals surface area contributed by atoms with Gasteiger partial charge in [0.15, 0.2) is 23.1 Å². The average molecular weight is 503 g/mol. The smallest absolute Gasteiger partial charge is 0.271 e. The molecular weight excluding hydrogens is 483 g/mol. The Balaban J connectivity index is 1.77. The first kappa shape index (κ1) is 23.1. The fourth-order valence-electron chi connectivity index (χ4n) is 2.79. The van der Waals surface area contributed by atoms with Gasteiger partial charge in [-0.3, -0.25) is 4.79 Å². The Bertz CT molecular complexity index is 1130. The Labute approximate surface area is 192 Å². The minimum atomic E-state index is -0.512. The minimum Gasteiger partial charge on any atom is -0.493 e. The van der Waals surface area contributed by atoms with Crippen LogP contribution in [-0.2, 0) is 0 Å². The van der Waals surface area contributed by atoms with E-state index in [9.17, 15) is 9.18 Å². The van der Waals surface area contributed by atoms with Crippen molar-refractivity contribution in [3.05, 3.63) is 76.0 Å². The molecule has 0 atom stereocenters. The van der Waals surface area contributed by atoms with Crippen LogP contribution in [0.25, 0.3) is 0 Å². The van der Waals surface area contributed by atoms with Gasteiger partial charge in [0.1, 0.15) is 5.75 Å². The maximum atomic E-state index is 14.1. The zero-order valence-electron chi connectivity index (χ0n) is 17.5. The molecule has 0 aliphatic carbocycles. The summed E-state index contributed by atoms with van der Waals surface area (Å²) >= 11 is 3.21. The SMILES string of the molecule is COc1cc(C(=O)N/N=C/c2ccccc2Oc2ccc(Br)cc2F)cc(OC)c1OC. The number of nitrogens with zero attached hydrogens (tertiary/aromatic N) is 1. The zero-order chi connectivity index (χ0) is 23.1. The third kappa shape index (κ3) is 5.36. The van der Waals surface area contributed by atoms with Crippen molar-refractivity contribution in [1.29, 1.82) is 0 Å². The van der Waals surface area contributed by atoms with Crippen LogP contribution in [0.3, 0.4) is 0 Å². The van der Waals surface area contributed by atoms with Gasteiger partial charge in [0.25, 0.3) is 5.91 Å². The van der Waals surface area contributed by atoms with Crippen LogP contribution < -0.4 is 24.4 Å². The van der Waals surface area contributed by atoms with Crippen molar-refractivity contribution in [2.24, 2.45) is 5.10 Å². The molecule has 9 heteroatoms. The van der Waals surface area contributed by atoms with Gasteiger partial charge in [-0.25, -0.2) is 9.82 Å². The van der Waals surface area contributed by atoms with Crippen LogP contribution in [0.15, 0.2) is 64.2 Å². The van der Waals surface area contributed by atoms with Crippen molar-refractivity contribution in [2.75, 3.05) is 21.3 Å². The first-order valence-corrected chi connectivity index (χ1v) is 10.1. The van der Waals surface area contributed by atoms with Gasteiger partial charge in [-0.1, -0.05) is 28.1 Å². The number of hydrogen-bond acceptors (Lipinski definition) is 6. The third-order valence-electron chi connectivity index (χ3n) is 4.33. The largest absolute Gasteiger partial charge is 0.493 e. The predicted octanol–water partition coefficient (Wildman–Crippen LogP) is 5.17. The van der Waals surface area contributed by atoms with Gasteiger partial charge in [0.2, 0.25) is 5.75 Å². The highest BCUT2D eigenvalue weighted by atomic mass is 79.9. The van der Waals surface area contributed by atoms with E-state index < -0.39 is 11.7 Å². The van der Waals surface area contributed by atoms with Crippen LogP contribution in [0.5, 0.6) is 28.7 Å². The van der Waals surface area contributed by atoms with Crippen molar-refractivity contribution >= 4 is 28.1 Å². The van der Waals surface area contributed by atoms with E-state index in [4.69, 9.17) is 18.9 Å². The minimum absolute atomic E-state index is 0.0653. The summed E-state index contributed by atoms with van der Waals surface area (Å²) in [5.41, 5.74) is 3.24. The first-order chi connectivity index (χ1) is 15.5. The molecule has 0 aliphatic rings. The van der Waals surface area contributed by atoms with E-state index in [0.717, 1.165) is 0 Å². The van der Waals surface area contributed by atoms with E-state index in [1.165, 1.54) is 51.8 Å². The summed E-state index contributed by atoms with van der Waals surface area (Å²) < 4.78 is 36.2. The Hall–Kier alpha value is -3.59. The molecule has 0 saturated heterocycles. The normalized spacial score (nSPS) is 10.7. The maximum absolute atomic E-state index is 14.1. The summed E-state index contributed by atoms with van der Waals surface area (Å²) in [6.45, 7) is 0. The van der Waals surface area contributed by atoms with Crippen molar-refractivity contribution in [3.63, 3.8) is 0 Å². The number of hydrazone groups is 1. The lowest BCUT2D eigenvalue weighted by atomic mass is 10.1. The molecule has 1 amide bonds. The summed E-state index contributed by atoms with van der Waals surface area (Å²) in [6.07, 6.45) is 1.40. The fourth-order valence-corrected chi connectivity index (χ4v) is 3.13. The second-order valence-corrected chi connectivity index (χ2v) is 7.24. The van der Waals surface area contributed by atoms with E-state index in [1.807, 2.05) is 0 Å². The molecule has 0 spiro atoms. The molecule has 0 aliphatic heterocycles. The number of methoxy groups -OCH3 is 3. The summed E-state index contributed by atoms with van der Waals surface area (Å²) in [6, 6.07) is 14.4. The molecule has 0 fully saturated rings. The van der Waals surface area contributed by atoms with Gasteiger partial charge in [0.05, 0.1) is 27.5 Å². The number of para-hydroxylation sites is 1. The molecule has 0 heterocycles. The number of nitrogens with one attached hydrogen (secondary N) is 1. The quantitative estimate of drug-likeness (QED) is 0.339. The zero-order valence-corrected chi connectivity index (χ0v) is 19.1. The number of benzene rings is 3. The number of rotatable bonds is 8. The molecule has 0 saturated carbocycles. The lowest BCUT2D eigenvalue weighted by Gasteiger charge is -2.13. The molecule has 0 bridgehead atoms. The molecule has 3 aromatic rings. The molecule has 7 nitrogen and oxygen atoms in total. The van der Waals surface area contributed by atoms with Crippen LogP contribution in [0.1, 0.15) is 15.9 Å². The van der Waals surface area contributed by atoms with E-state index >= 15 is 0 Å². The van der Waals surface area contributed by atoms with Crippen LogP contribution in [-0.4, -0.2) is 33.5 Å². The molecule has 166 valence electrons. The Morgan fingerprint density at radius 2 is 1.62 bits per heavy atom. The van der Waals surface area contributed by atoms with Crippen LogP contribution in [0.2, 0.25) is 0 Å². The molecule has 0 radical (unpaired) electrons. The predicted molar refractivity (Wildman–Crippen MR) is 122 cm³/mol. The van der Waals surface area contributed by atoms with E-state index in [-0.39, 0.29) is 11.3 Å².